The van der Waals surface area contributed by atoms with E-state index in [2.05, 4.69) is 0 Å². The number of ketones is 1. The van der Waals surface area contributed by atoms with E-state index in [4.69, 9.17) is 23.7 Å². The number of carbonyl (C=O) groups excluding carboxylic acids is 1. The van der Waals surface area contributed by atoms with E-state index in [0.29, 0.717) is 39.7 Å². The minimum Gasteiger partial charge on any atom is -0.507 e. The Bertz CT molecular complexity index is 920. The fraction of sp³-hybridized carbons (Fsp3) is 0.318. The lowest BCUT2D eigenvalue weighted by Gasteiger charge is -2.17. The van der Waals surface area contributed by atoms with Crippen LogP contribution in [0, 0.1) is 13.8 Å². The molecule has 0 atom stereocenters. The highest BCUT2D eigenvalue weighted by molar-refractivity contribution is 6.11. The van der Waals surface area contributed by atoms with E-state index in [-0.39, 0.29) is 17.1 Å². The number of ether oxygens (including phenoxy) is 5. The Kier molecular flexibility index (Phi) is 6.98. The van der Waals surface area contributed by atoms with Crippen molar-refractivity contribution in [2.24, 2.45) is 0 Å². The summed E-state index contributed by atoms with van der Waals surface area (Å²) in [7, 11) is 7.49. The number of allylic oxidation sites excluding steroid dienone is 1. The first kappa shape index (κ1) is 21.9. The van der Waals surface area contributed by atoms with E-state index in [1.54, 1.807) is 32.1 Å². The number of benzene rings is 2. The summed E-state index contributed by atoms with van der Waals surface area (Å²) in [6.07, 6.45) is 2.95. The van der Waals surface area contributed by atoms with Gasteiger partial charge in [0, 0.05) is 11.1 Å². The molecular formula is C22H26O7. The number of hydrogen-bond donors (Lipinski definition) is 1. The summed E-state index contributed by atoms with van der Waals surface area (Å²) in [5.74, 6) is 1.55. The van der Waals surface area contributed by atoms with Crippen molar-refractivity contribution in [1.82, 2.24) is 0 Å². The number of methoxy groups -OCH3 is 5. The van der Waals surface area contributed by atoms with Crippen molar-refractivity contribution in [2.45, 2.75) is 13.8 Å². The molecule has 2 rings (SSSR count). The quantitative estimate of drug-likeness (QED) is 0.529. The van der Waals surface area contributed by atoms with Crippen LogP contribution in [-0.2, 0) is 0 Å². The predicted octanol–water partition coefficient (Wildman–Crippen LogP) is 3.95. The van der Waals surface area contributed by atoms with E-state index in [9.17, 15) is 9.90 Å². The van der Waals surface area contributed by atoms with E-state index < -0.39 is 5.78 Å². The molecule has 2 aromatic rings. The van der Waals surface area contributed by atoms with E-state index in [1.807, 2.05) is 0 Å². The molecule has 0 aromatic heterocycles. The number of hydrogen-bond acceptors (Lipinski definition) is 7. The highest BCUT2D eigenvalue weighted by Crippen LogP contribution is 2.43. The topological polar surface area (TPSA) is 83.5 Å². The van der Waals surface area contributed by atoms with Crippen molar-refractivity contribution >= 4 is 11.9 Å². The summed E-state index contributed by atoms with van der Waals surface area (Å²) in [6, 6.07) is 3.43. The predicted molar refractivity (Wildman–Crippen MR) is 110 cm³/mol. The molecule has 156 valence electrons. The normalized spacial score (nSPS) is 10.7. The van der Waals surface area contributed by atoms with Crippen molar-refractivity contribution in [1.29, 1.82) is 0 Å². The van der Waals surface area contributed by atoms with Gasteiger partial charge in [-0.25, -0.2) is 0 Å². The molecule has 7 nitrogen and oxygen atoms in total. The Morgan fingerprint density at radius 3 is 1.76 bits per heavy atom. The van der Waals surface area contributed by atoms with Crippen LogP contribution in [0.4, 0.5) is 0 Å². The van der Waals surface area contributed by atoms with Gasteiger partial charge >= 0.3 is 0 Å². The van der Waals surface area contributed by atoms with Gasteiger partial charge < -0.3 is 28.8 Å². The van der Waals surface area contributed by atoms with Crippen molar-refractivity contribution in [2.75, 3.05) is 35.5 Å². The van der Waals surface area contributed by atoms with Gasteiger partial charge in [0.2, 0.25) is 5.75 Å². The second-order valence-electron chi connectivity index (χ2n) is 6.20. The van der Waals surface area contributed by atoms with E-state index in [1.165, 1.54) is 41.6 Å². The summed E-state index contributed by atoms with van der Waals surface area (Å²) >= 11 is 0. The molecule has 0 bridgehead atoms. The monoisotopic (exact) mass is 402 g/mol. The van der Waals surface area contributed by atoms with Crippen molar-refractivity contribution in [3.63, 3.8) is 0 Å². The molecule has 0 aliphatic rings. The molecule has 0 heterocycles. The summed E-state index contributed by atoms with van der Waals surface area (Å²) in [5.41, 5.74) is 1.84. The van der Waals surface area contributed by atoms with Crippen LogP contribution < -0.4 is 23.7 Å². The van der Waals surface area contributed by atoms with Crippen LogP contribution in [0.1, 0.15) is 27.0 Å². The zero-order chi connectivity index (χ0) is 21.7. The van der Waals surface area contributed by atoms with Crippen molar-refractivity contribution in [3.8, 4) is 34.5 Å². The molecule has 0 unspecified atom stereocenters. The molecule has 0 aliphatic carbocycles. The highest BCUT2D eigenvalue weighted by Gasteiger charge is 2.24. The number of aromatic hydroxyl groups is 1. The van der Waals surface area contributed by atoms with Gasteiger partial charge in [0.1, 0.15) is 22.8 Å². The average molecular weight is 402 g/mol. The number of phenolic OH excluding ortho intramolecular Hbond substituents is 1. The first-order valence-corrected chi connectivity index (χ1v) is 8.80. The second-order valence-corrected chi connectivity index (χ2v) is 6.20. The summed E-state index contributed by atoms with van der Waals surface area (Å²) in [5, 5.41) is 10.6. The van der Waals surface area contributed by atoms with Crippen molar-refractivity contribution in [3.05, 3.63) is 40.5 Å². The molecule has 29 heavy (non-hydrogen) atoms. The Morgan fingerprint density at radius 1 is 0.793 bits per heavy atom. The molecule has 1 N–H and O–H groups in total. The maximum Gasteiger partial charge on any atom is 0.203 e. The standard InChI is InChI=1S/C22H26O7/c1-12-19(24)18(21(28-6)13(2)20(12)27-5)15(23)9-8-14-10-16(25-3)22(29-7)17(11-14)26-4/h8-11,24H,1-7H3/b9-8+. The lowest BCUT2D eigenvalue weighted by Crippen LogP contribution is -2.05. The van der Waals surface area contributed by atoms with Crippen molar-refractivity contribution < 1.29 is 33.6 Å². The lowest BCUT2D eigenvalue weighted by molar-refractivity contribution is 0.104. The summed E-state index contributed by atoms with van der Waals surface area (Å²) in [6.45, 7) is 3.45. The van der Waals surface area contributed by atoms with Gasteiger partial charge in [0.15, 0.2) is 17.3 Å². The zero-order valence-corrected chi connectivity index (χ0v) is 17.7. The van der Waals surface area contributed by atoms with E-state index in [0.717, 1.165) is 0 Å². The number of carbonyl (C=O) groups is 1. The third-order valence-electron chi connectivity index (χ3n) is 4.61. The van der Waals surface area contributed by atoms with Crippen LogP contribution >= 0.6 is 0 Å². The van der Waals surface area contributed by atoms with Gasteiger partial charge in [-0.3, -0.25) is 4.79 Å². The zero-order valence-electron chi connectivity index (χ0n) is 17.7. The molecule has 0 radical (unpaired) electrons. The van der Waals surface area contributed by atoms with Gasteiger partial charge in [-0.2, -0.15) is 0 Å². The maximum atomic E-state index is 12.9. The van der Waals surface area contributed by atoms with Gasteiger partial charge in [0.25, 0.3) is 0 Å². The van der Waals surface area contributed by atoms with Gasteiger partial charge in [-0.05, 0) is 37.6 Å². The van der Waals surface area contributed by atoms with Crippen LogP contribution in [0.25, 0.3) is 6.08 Å². The number of rotatable bonds is 8. The van der Waals surface area contributed by atoms with Gasteiger partial charge in [0.05, 0.1) is 35.5 Å². The van der Waals surface area contributed by atoms with Crippen LogP contribution in [0.5, 0.6) is 34.5 Å². The van der Waals surface area contributed by atoms with Crippen LogP contribution in [-0.4, -0.2) is 46.4 Å². The first-order chi connectivity index (χ1) is 13.8. The fourth-order valence-electron chi connectivity index (χ4n) is 3.22. The molecule has 0 fully saturated rings. The first-order valence-electron chi connectivity index (χ1n) is 8.80. The largest absolute Gasteiger partial charge is 0.507 e. The smallest absolute Gasteiger partial charge is 0.203 e. The molecular weight excluding hydrogens is 376 g/mol. The molecule has 0 saturated heterocycles. The van der Waals surface area contributed by atoms with Crippen LogP contribution in [0.2, 0.25) is 0 Å². The molecule has 0 amide bonds. The van der Waals surface area contributed by atoms with Gasteiger partial charge in [-0.1, -0.05) is 6.08 Å². The minimum absolute atomic E-state index is 0.0759. The van der Waals surface area contributed by atoms with Crippen LogP contribution in [0.15, 0.2) is 18.2 Å². The van der Waals surface area contributed by atoms with E-state index >= 15 is 0 Å². The van der Waals surface area contributed by atoms with Gasteiger partial charge in [-0.15, -0.1) is 0 Å². The molecule has 0 saturated carbocycles. The number of phenols is 1. The maximum absolute atomic E-state index is 12.9. The molecule has 0 spiro atoms. The highest BCUT2D eigenvalue weighted by atomic mass is 16.5. The molecule has 0 aliphatic heterocycles. The van der Waals surface area contributed by atoms with Crippen LogP contribution in [0.3, 0.4) is 0 Å². The minimum atomic E-state index is -0.415. The molecule has 2 aromatic carbocycles. The average Bonchev–Trinajstić information content (AvgIpc) is 2.73. The second kappa shape index (κ2) is 9.23. The molecule has 7 heteroatoms. The SMILES string of the molecule is COc1cc(/C=C/C(=O)c2c(O)c(C)c(OC)c(C)c2OC)cc(OC)c1OC. The Hall–Kier alpha value is -3.35. The Balaban J connectivity index is 2.52. The Labute approximate surface area is 170 Å². The third-order valence-corrected chi connectivity index (χ3v) is 4.61. The summed E-state index contributed by atoms with van der Waals surface area (Å²) < 4.78 is 26.7. The lowest BCUT2D eigenvalue weighted by atomic mass is 9.98. The Morgan fingerprint density at radius 2 is 1.31 bits per heavy atom. The fourth-order valence-corrected chi connectivity index (χ4v) is 3.22. The third kappa shape index (κ3) is 4.08. The summed E-state index contributed by atoms with van der Waals surface area (Å²) in [4.78, 5) is 12.9.